The molecule has 0 fully saturated rings. The van der Waals surface area contributed by atoms with E-state index in [-0.39, 0.29) is 32.1 Å². The minimum Gasteiger partial charge on any atom is -0.480 e. The van der Waals surface area contributed by atoms with E-state index < -0.39 is 48.0 Å². The maximum absolute atomic E-state index is 11.9. The van der Waals surface area contributed by atoms with E-state index >= 15 is 0 Å². The van der Waals surface area contributed by atoms with Crippen molar-refractivity contribution in [2.75, 3.05) is 0 Å². The predicted octanol–water partition coefficient (Wildman–Crippen LogP) is -1.95. The second-order valence-electron chi connectivity index (χ2n) is 5.76. The summed E-state index contributed by atoms with van der Waals surface area (Å²) in [5.41, 5.74) is 16.3. The van der Waals surface area contributed by atoms with E-state index in [1.807, 2.05) is 0 Å². The van der Waals surface area contributed by atoms with Gasteiger partial charge in [0.2, 0.25) is 5.91 Å². The van der Waals surface area contributed by atoms with Gasteiger partial charge < -0.3 is 37.8 Å². The fourth-order valence-electron chi connectivity index (χ4n) is 2.01. The van der Waals surface area contributed by atoms with Crippen LogP contribution in [-0.4, -0.2) is 63.3 Å². The van der Waals surface area contributed by atoms with Crippen LogP contribution in [0.25, 0.3) is 0 Å². The first-order valence-electron chi connectivity index (χ1n) is 7.81. The van der Waals surface area contributed by atoms with E-state index in [2.05, 4.69) is 5.32 Å². The SMILES string of the molecule is NC(CCCC(N)C(=O)NC(CCCC(N)C(=O)O)C(=O)O)C(=O)O. The zero-order valence-electron chi connectivity index (χ0n) is 13.8. The van der Waals surface area contributed by atoms with Crippen LogP contribution in [0.1, 0.15) is 38.5 Å². The number of carboxylic acids is 3. The molecule has 144 valence electrons. The first kappa shape index (κ1) is 22.8. The Bertz CT molecular complexity index is 486. The van der Waals surface area contributed by atoms with E-state index in [1.165, 1.54) is 0 Å². The predicted molar refractivity (Wildman–Crippen MR) is 86.5 cm³/mol. The number of aliphatic carboxylic acids is 3. The summed E-state index contributed by atoms with van der Waals surface area (Å²) in [7, 11) is 0. The van der Waals surface area contributed by atoms with Crippen molar-refractivity contribution < 1.29 is 34.5 Å². The molecule has 0 aliphatic rings. The van der Waals surface area contributed by atoms with E-state index in [4.69, 9.17) is 32.5 Å². The smallest absolute Gasteiger partial charge is 0.326 e. The Labute approximate surface area is 144 Å². The van der Waals surface area contributed by atoms with Gasteiger partial charge >= 0.3 is 17.9 Å². The fourth-order valence-corrected chi connectivity index (χ4v) is 2.01. The minimum atomic E-state index is -1.27. The number of carbonyl (C=O) groups is 4. The van der Waals surface area contributed by atoms with E-state index in [9.17, 15) is 19.2 Å². The Morgan fingerprint density at radius 1 is 0.680 bits per heavy atom. The van der Waals surface area contributed by atoms with Gasteiger partial charge in [0.05, 0.1) is 6.04 Å². The van der Waals surface area contributed by atoms with Gasteiger partial charge in [-0.3, -0.25) is 14.4 Å². The molecular weight excluding hydrogens is 336 g/mol. The highest BCUT2D eigenvalue weighted by atomic mass is 16.4. The highest BCUT2D eigenvalue weighted by Gasteiger charge is 2.24. The summed E-state index contributed by atoms with van der Waals surface area (Å²) in [6, 6.07) is -4.34. The van der Waals surface area contributed by atoms with Crippen molar-refractivity contribution >= 4 is 23.8 Å². The van der Waals surface area contributed by atoms with Gasteiger partial charge in [-0.05, 0) is 38.5 Å². The summed E-state index contributed by atoms with van der Waals surface area (Å²) in [5.74, 6) is -4.28. The van der Waals surface area contributed by atoms with E-state index in [1.54, 1.807) is 0 Å². The maximum atomic E-state index is 11.9. The van der Waals surface area contributed by atoms with Crippen LogP contribution in [0, 0.1) is 0 Å². The van der Waals surface area contributed by atoms with E-state index in [0.717, 1.165) is 0 Å². The molecule has 0 aliphatic heterocycles. The Morgan fingerprint density at radius 2 is 1.08 bits per heavy atom. The molecule has 0 radical (unpaired) electrons. The minimum absolute atomic E-state index is 0.0126. The normalized spacial score (nSPS) is 15.6. The van der Waals surface area contributed by atoms with Gasteiger partial charge in [-0.15, -0.1) is 0 Å². The van der Waals surface area contributed by atoms with Crippen LogP contribution in [0.5, 0.6) is 0 Å². The molecule has 0 aromatic carbocycles. The second-order valence-corrected chi connectivity index (χ2v) is 5.76. The quantitative estimate of drug-likeness (QED) is 0.192. The number of hydrogen-bond donors (Lipinski definition) is 7. The van der Waals surface area contributed by atoms with Crippen molar-refractivity contribution in [3.8, 4) is 0 Å². The largest absolute Gasteiger partial charge is 0.480 e. The van der Waals surface area contributed by atoms with E-state index in [0.29, 0.717) is 6.42 Å². The number of rotatable bonds is 13. The molecule has 0 heterocycles. The number of nitrogens with two attached hydrogens (primary N) is 3. The molecule has 11 heteroatoms. The number of carboxylic acid groups (broad SMARTS) is 3. The lowest BCUT2D eigenvalue weighted by Gasteiger charge is -2.18. The topological polar surface area (TPSA) is 219 Å². The lowest BCUT2D eigenvalue weighted by atomic mass is 10.0. The summed E-state index contributed by atoms with van der Waals surface area (Å²) < 4.78 is 0. The molecule has 0 rings (SSSR count). The first-order chi connectivity index (χ1) is 11.6. The van der Waals surface area contributed by atoms with Crippen molar-refractivity contribution in [1.29, 1.82) is 0 Å². The zero-order chi connectivity index (χ0) is 19.6. The average Bonchev–Trinajstić information content (AvgIpc) is 2.52. The van der Waals surface area contributed by atoms with Crippen molar-refractivity contribution in [3.05, 3.63) is 0 Å². The Hall–Kier alpha value is -2.24. The monoisotopic (exact) mass is 362 g/mol. The lowest BCUT2D eigenvalue weighted by molar-refractivity contribution is -0.142. The van der Waals surface area contributed by atoms with Crippen LogP contribution < -0.4 is 22.5 Å². The molecule has 0 bridgehead atoms. The molecule has 25 heavy (non-hydrogen) atoms. The lowest BCUT2D eigenvalue weighted by Crippen LogP contribution is -2.48. The molecule has 11 nitrogen and oxygen atoms in total. The Morgan fingerprint density at radius 3 is 1.48 bits per heavy atom. The van der Waals surface area contributed by atoms with Crippen LogP contribution >= 0.6 is 0 Å². The van der Waals surface area contributed by atoms with Crippen LogP contribution in [0.4, 0.5) is 0 Å². The summed E-state index contributed by atoms with van der Waals surface area (Å²) in [6.45, 7) is 0. The second kappa shape index (κ2) is 11.3. The van der Waals surface area contributed by atoms with Crippen molar-refractivity contribution in [2.45, 2.75) is 62.7 Å². The third kappa shape index (κ3) is 9.59. The molecule has 0 saturated carbocycles. The molecule has 0 spiro atoms. The van der Waals surface area contributed by atoms with Crippen molar-refractivity contribution in [3.63, 3.8) is 0 Å². The number of amides is 1. The molecular formula is C14H26N4O7. The molecule has 10 N–H and O–H groups in total. The average molecular weight is 362 g/mol. The molecule has 0 aliphatic carbocycles. The highest BCUT2D eigenvalue weighted by Crippen LogP contribution is 2.06. The van der Waals surface area contributed by atoms with Gasteiger partial charge in [-0.2, -0.15) is 0 Å². The highest BCUT2D eigenvalue weighted by molar-refractivity contribution is 5.86. The third-order valence-corrected chi connectivity index (χ3v) is 3.62. The van der Waals surface area contributed by atoms with Crippen LogP contribution in [-0.2, 0) is 19.2 Å². The molecule has 0 saturated heterocycles. The molecule has 0 aromatic rings. The van der Waals surface area contributed by atoms with Gasteiger partial charge in [0.1, 0.15) is 18.1 Å². The molecule has 1 amide bonds. The molecule has 4 atom stereocenters. The molecule has 0 aromatic heterocycles. The van der Waals surface area contributed by atoms with Gasteiger partial charge in [0.25, 0.3) is 0 Å². The van der Waals surface area contributed by atoms with Gasteiger partial charge in [0, 0.05) is 0 Å². The van der Waals surface area contributed by atoms with Crippen LogP contribution in [0.2, 0.25) is 0 Å². The standard InChI is InChI=1S/C14H26N4O7/c15-7(3-1-4-8(16)12(20)21)11(19)18-10(14(24)25)6-2-5-9(17)13(22)23/h7-10H,1-6,15-17H2,(H,18,19)(H,20,21)(H,22,23)(H,24,25). The zero-order valence-corrected chi connectivity index (χ0v) is 13.8. The number of nitrogens with one attached hydrogen (secondary N) is 1. The summed E-state index contributed by atoms with van der Waals surface area (Å²) in [5, 5.41) is 28.7. The third-order valence-electron chi connectivity index (χ3n) is 3.62. The van der Waals surface area contributed by atoms with Crippen molar-refractivity contribution in [2.24, 2.45) is 17.2 Å². The Balaban J connectivity index is 4.32. The van der Waals surface area contributed by atoms with Gasteiger partial charge in [0.15, 0.2) is 0 Å². The summed E-state index contributed by atoms with van der Waals surface area (Å²) >= 11 is 0. The number of carbonyl (C=O) groups excluding carboxylic acids is 1. The number of hydrogen-bond acceptors (Lipinski definition) is 7. The van der Waals surface area contributed by atoms with Crippen LogP contribution in [0.3, 0.4) is 0 Å². The van der Waals surface area contributed by atoms with Crippen LogP contribution in [0.15, 0.2) is 0 Å². The summed E-state index contributed by atoms with van der Waals surface area (Å²) in [6.07, 6.45) is 0.891. The van der Waals surface area contributed by atoms with Crippen molar-refractivity contribution in [1.82, 2.24) is 5.32 Å². The Kier molecular flexibility index (Phi) is 10.3. The first-order valence-corrected chi connectivity index (χ1v) is 7.81. The fraction of sp³-hybridized carbons (Fsp3) is 0.714. The summed E-state index contributed by atoms with van der Waals surface area (Å²) in [4.78, 5) is 44.2. The maximum Gasteiger partial charge on any atom is 0.326 e. The molecule has 4 unspecified atom stereocenters. The van der Waals surface area contributed by atoms with Gasteiger partial charge in [-0.25, -0.2) is 4.79 Å². The van der Waals surface area contributed by atoms with Gasteiger partial charge in [-0.1, -0.05) is 0 Å².